The highest BCUT2D eigenvalue weighted by Gasteiger charge is 2.28. The van der Waals surface area contributed by atoms with Crippen molar-refractivity contribution in [3.8, 4) is 5.88 Å². The van der Waals surface area contributed by atoms with Gasteiger partial charge in [-0.15, -0.1) is 0 Å². The molecule has 1 fully saturated rings. The van der Waals surface area contributed by atoms with Crippen LogP contribution >= 0.6 is 0 Å². The largest absolute Gasteiger partial charge is 0.494 e. The van der Waals surface area contributed by atoms with E-state index in [1.165, 1.54) is 12.1 Å². The van der Waals surface area contributed by atoms with Gasteiger partial charge in [0.25, 0.3) is 11.5 Å². The molecule has 2 rings (SSSR count). The van der Waals surface area contributed by atoms with Crippen molar-refractivity contribution in [2.24, 2.45) is 11.7 Å². The van der Waals surface area contributed by atoms with Crippen molar-refractivity contribution in [3.63, 3.8) is 0 Å². The Morgan fingerprint density at radius 3 is 2.95 bits per heavy atom. The SMILES string of the molecule is CCC1CN(C(=O)c2cc(O)[nH]c(=O)c2)CCC1N. The number of hydrogen-bond acceptors (Lipinski definition) is 4. The smallest absolute Gasteiger partial charge is 0.254 e. The van der Waals surface area contributed by atoms with Crippen molar-refractivity contribution in [3.05, 3.63) is 28.0 Å². The Balaban J connectivity index is 2.17. The van der Waals surface area contributed by atoms with Gasteiger partial charge in [0.15, 0.2) is 5.88 Å². The molecule has 2 unspecified atom stereocenters. The number of carbonyl (C=O) groups is 1. The number of H-pyrrole nitrogens is 1. The number of nitrogens with zero attached hydrogens (tertiary/aromatic N) is 1. The van der Waals surface area contributed by atoms with Gasteiger partial charge >= 0.3 is 0 Å². The molecule has 1 aromatic rings. The van der Waals surface area contributed by atoms with E-state index in [2.05, 4.69) is 11.9 Å². The first kappa shape index (κ1) is 13.6. The molecule has 2 heterocycles. The summed E-state index contributed by atoms with van der Waals surface area (Å²) in [6.45, 7) is 3.24. The summed E-state index contributed by atoms with van der Waals surface area (Å²) in [5.74, 6) is -0.239. The third-order valence-corrected chi connectivity index (χ3v) is 3.68. The molecule has 0 aromatic carbocycles. The van der Waals surface area contributed by atoms with Crippen LogP contribution in [-0.4, -0.2) is 40.0 Å². The summed E-state index contributed by atoms with van der Waals surface area (Å²) in [4.78, 5) is 27.5. The number of aromatic amines is 1. The van der Waals surface area contributed by atoms with Crippen molar-refractivity contribution < 1.29 is 9.90 Å². The van der Waals surface area contributed by atoms with Gasteiger partial charge in [-0.1, -0.05) is 13.3 Å². The normalized spacial score (nSPS) is 23.4. The van der Waals surface area contributed by atoms with Crippen LogP contribution in [0.5, 0.6) is 5.88 Å². The van der Waals surface area contributed by atoms with E-state index in [0.29, 0.717) is 13.1 Å². The number of likely N-dealkylation sites (tertiary alicyclic amines) is 1. The van der Waals surface area contributed by atoms with E-state index in [4.69, 9.17) is 5.73 Å². The second kappa shape index (κ2) is 5.44. The maximum absolute atomic E-state index is 12.3. The molecule has 104 valence electrons. The summed E-state index contributed by atoms with van der Waals surface area (Å²) in [5, 5.41) is 9.34. The molecule has 0 saturated carbocycles. The predicted molar refractivity (Wildman–Crippen MR) is 71.0 cm³/mol. The highest BCUT2D eigenvalue weighted by molar-refractivity contribution is 5.94. The molecule has 0 spiro atoms. The summed E-state index contributed by atoms with van der Waals surface area (Å²) < 4.78 is 0. The van der Waals surface area contributed by atoms with Gasteiger partial charge < -0.3 is 15.7 Å². The molecule has 1 amide bonds. The van der Waals surface area contributed by atoms with Crippen molar-refractivity contribution in [1.29, 1.82) is 0 Å². The predicted octanol–water partition coefficient (Wildman–Crippen LogP) is 0.280. The Morgan fingerprint density at radius 2 is 2.32 bits per heavy atom. The Labute approximate surface area is 111 Å². The molecule has 0 aliphatic carbocycles. The van der Waals surface area contributed by atoms with Crippen LogP contribution in [-0.2, 0) is 0 Å². The van der Waals surface area contributed by atoms with Crippen LogP contribution in [0, 0.1) is 5.92 Å². The molecule has 0 radical (unpaired) electrons. The zero-order valence-corrected chi connectivity index (χ0v) is 10.9. The second-order valence-corrected chi connectivity index (χ2v) is 4.99. The van der Waals surface area contributed by atoms with Crippen molar-refractivity contribution >= 4 is 5.91 Å². The van der Waals surface area contributed by atoms with E-state index >= 15 is 0 Å². The lowest BCUT2D eigenvalue weighted by Gasteiger charge is -2.36. The van der Waals surface area contributed by atoms with Gasteiger partial charge in [-0.3, -0.25) is 14.6 Å². The van der Waals surface area contributed by atoms with Gasteiger partial charge in [0, 0.05) is 31.3 Å². The van der Waals surface area contributed by atoms with Crippen molar-refractivity contribution in [2.45, 2.75) is 25.8 Å². The molecule has 0 bridgehead atoms. The number of piperidine rings is 1. The molecule has 1 aromatic heterocycles. The van der Waals surface area contributed by atoms with Crippen LogP contribution in [0.3, 0.4) is 0 Å². The number of rotatable bonds is 2. The molecule has 1 aliphatic rings. The topological polar surface area (TPSA) is 99.4 Å². The molecule has 19 heavy (non-hydrogen) atoms. The number of nitrogens with two attached hydrogens (primary N) is 1. The molecule has 1 aliphatic heterocycles. The third-order valence-electron chi connectivity index (χ3n) is 3.68. The first-order chi connectivity index (χ1) is 9.01. The number of hydrogen-bond donors (Lipinski definition) is 3. The fourth-order valence-electron chi connectivity index (χ4n) is 2.50. The minimum atomic E-state index is -0.482. The number of carbonyl (C=O) groups excluding carboxylic acids is 1. The van der Waals surface area contributed by atoms with Crippen LogP contribution in [0.2, 0.25) is 0 Å². The molecule has 6 heteroatoms. The average molecular weight is 265 g/mol. The Hall–Kier alpha value is -1.82. The number of pyridine rings is 1. The number of nitrogens with one attached hydrogen (secondary N) is 1. The minimum absolute atomic E-state index is 0.127. The summed E-state index contributed by atoms with van der Waals surface area (Å²) in [6, 6.07) is 2.61. The van der Waals surface area contributed by atoms with Gasteiger partial charge in [0.2, 0.25) is 0 Å². The van der Waals surface area contributed by atoms with Crippen molar-refractivity contribution in [2.75, 3.05) is 13.1 Å². The standard InChI is InChI=1S/C13H19N3O3/c1-2-8-7-16(4-3-10(8)14)13(19)9-5-11(17)15-12(18)6-9/h5-6,8,10H,2-4,7,14H2,1H3,(H2,15,17,18). The maximum Gasteiger partial charge on any atom is 0.254 e. The molecular weight excluding hydrogens is 246 g/mol. The third kappa shape index (κ3) is 2.96. The highest BCUT2D eigenvalue weighted by Crippen LogP contribution is 2.20. The highest BCUT2D eigenvalue weighted by atomic mass is 16.3. The van der Waals surface area contributed by atoms with E-state index in [0.717, 1.165) is 12.8 Å². The van der Waals surface area contributed by atoms with Crippen LogP contribution in [0.25, 0.3) is 0 Å². The van der Waals surface area contributed by atoms with Gasteiger partial charge in [-0.05, 0) is 12.3 Å². The molecule has 4 N–H and O–H groups in total. The Morgan fingerprint density at radius 1 is 1.58 bits per heavy atom. The van der Waals surface area contributed by atoms with Gasteiger partial charge in [-0.25, -0.2) is 0 Å². The van der Waals surface area contributed by atoms with Crippen LogP contribution < -0.4 is 11.3 Å². The number of aromatic nitrogens is 1. The number of aromatic hydroxyl groups is 1. The summed E-state index contributed by atoms with van der Waals surface area (Å²) in [5.41, 5.74) is 5.74. The monoisotopic (exact) mass is 265 g/mol. The quantitative estimate of drug-likeness (QED) is 0.715. The first-order valence-corrected chi connectivity index (χ1v) is 6.49. The molecular formula is C13H19N3O3. The maximum atomic E-state index is 12.3. The number of amides is 1. The second-order valence-electron chi connectivity index (χ2n) is 4.99. The van der Waals surface area contributed by atoms with Gasteiger partial charge in [-0.2, -0.15) is 0 Å². The lowest BCUT2D eigenvalue weighted by Crippen LogP contribution is -2.49. The van der Waals surface area contributed by atoms with Crippen LogP contribution in [0.15, 0.2) is 16.9 Å². The lowest BCUT2D eigenvalue weighted by molar-refractivity contribution is 0.0648. The Bertz CT molecular complexity index is 526. The van der Waals surface area contributed by atoms with E-state index in [-0.39, 0.29) is 29.3 Å². The van der Waals surface area contributed by atoms with Crippen LogP contribution in [0.4, 0.5) is 0 Å². The fraction of sp³-hybridized carbons (Fsp3) is 0.538. The molecule has 2 atom stereocenters. The lowest BCUT2D eigenvalue weighted by atomic mass is 9.90. The molecule has 6 nitrogen and oxygen atoms in total. The summed E-state index contributed by atoms with van der Waals surface area (Å²) in [7, 11) is 0. The fourth-order valence-corrected chi connectivity index (χ4v) is 2.50. The van der Waals surface area contributed by atoms with Crippen LogP contribution in [0.1, 0.15) is 30.1 Å². The zero-order valence-electron chi connectivity index (χ0n) is 10.9. The summed E-state index contributed by atoms with van der Waals surface area (Å²) in [6.07, 6.45) is 1.69. The van der Waals surface area contributed by atoms with E-state index in [1.54, 1.807) is 4.90 Å². The zero-order chi connectivity index (χ0) is 14.0. The van der Waals surface area contributed by atoms with E-state index in [9.17, 15) is 14.7 Å². The summed E-state index contributed by atoms with van der Waals surface area (Å²) >= 11 is 0. The van der Waals surface area contributed by atoms with Crippen molar-refractivity contribution in [1.82, 2.24) is 9.88 Å². The Kier molecular flexibility index (Phi) is 3.90. The molecule has 1 saturated heterocycles. The average Bonchev–Trinajstić information content (AvgIpc) is 2.37. The van der Waals surface area contributed by atoms with E-state index < -0.39 is 5.56 Å². The first-order valence-electron chi connectivity index (χ1n) is 6.49. The van der Waals surface area contributed by atoms with Gasteiger partial charge in [0.1, 0.15) is 0 Å². The van der Waals surface area contributed by atoms with Gasteiger partial charge in [0.05, 0.1) is 5.56 Å². The van der Waals surface area contributed by atoms with E-state index in [1.807, 2.05) is 0 Å². The minimum Gasteiger partial charge on any atom is -0.494 e.